The minimum atomic E-state index is -0.991. The van der Waals surface area contributed by atoms with Crippen molar-refractivity contribution in [3.8, 4) is 0 Å². The molecule has 0 unspecified atom stereocenters. The van der Waals surface area contributed by atoms with Crippen LogP contribution in [-0.2, 0) is 16.1 Å². The van der Waals surface area contributed by atoms with Gasteiger partial charge in [-0.15, -0.1) is 0 Å². The molecule has 18 heavy (non-hydrogen) atoms. The number of aliphatic carboxylic acids is 2. The molecular formula is C13H17NO4. The SMILES string of the molecule is CN(Cc1ccccc1)[C@@H](CCC(=O)O)C(=O)O. The van der Waals surface area contributed by atoms with Gasteiger partial charge in [0.05, 0.1) is 0 Å². The molecule has 1 aromatic carbocycles. The van der Waals surface area contributed by atoms with Gasteiger partial charge in [0.2, 0.25) is 0 Å². The first-order valence-electron chi connectivity index (χ1n) is 5.69. The Morgan fingerprint density at radius 3 is 2.33 bits per heavy atom. The molecule has 0 aromatic heterocycles. The van der Waals surface area contributed by atoms with Crippen molar-refractivity contribution in [1.29, 1.82) is 0 Å². The van der Waals surface area contributed by atoms with Crippen molar-refractivity contribution >= 4 is 11.9 Å². The maximum atomic E-state index is 11.1. The Bertz CT molecular complexity index is 405. The summed E-state index contributed by atoms with van der Waals surface area (Å²) in [6.45, 7) is 0.484. The zero-order valence-corrected chi connectivity index (χ0v) is 10.2. The van der Waals surface area contributed by atoms with E-state index in [1.54, 1.807) is 11.9 Å². The van der Waals surface area contributed by atoms with Gasteiger partial charge in [-0.3, -0.25) is 14.5 Å². The molecule has 5 nitrogen and oxygen atoms in total. The van der Waals surface area contributed by atoms with Crippen molar-refractivity contribution in [2.75, 3.05) is 7.05 Å². The Morgan fingerprint density at radius 1 is 1.22 bits per heavy atom. The molecule has 0 saturated heterocycles. The first kappa shape index (κ1) is 14.2. The van der Waals surface area contributed by atoms with Gasteiger partial charge in [-0.2, -0.15) is 0 Å². The number of hydrogen-bond acceptors (Lipinski definition) is 3. The van der Waals surface area contributed by atoms with E-state index in [9.17, 15) is 9.59 Å². The van der Waals surface area contributed by atoms with E-state index < -0.39 is 18.0 Å². The number of rotatable bonds is 7. The molecule has 0 aliphatic carbocycles. The van der Waals surface area contributed by atoms with Crippen molar-refractivity contribution in [2.45, 2.75) is 25.4 Å². The largest absolute Gasteiger partial charge is 0.481 e. The van der Waals surface area contributed by atoms with Gasteiger partial charge in [0.25, 0.3) is 0 Å². The van der Waals surface area contributed by atoms with Crippen LogP contribution >= 0.6 is 0 Å². The number of carbonyl (C=O) groups is 2. The lowest BCUT2D eigenvalue weighted by molar-refractivity contribution is -0.144. The van der Waals surface area contributed by atoms with Crippen molar-refractivity contribution in [2.24, 2.45) is 0 Å². The molecule has 0 heterocycles. The quantitative estimate of drug-likeness (QED) is 0.766. The van der Waals surface area contributed by atoms with E-state index in [0.29, 0.717) is 6.54 Å². The predicted molar refractivity (Wildman–Crippen MR) is 66.2 cm³/mol. The van der Waals surface area contributed by atoms with Crippen LogP contribution in [0, 0.1) is 0 Å². The molecule has 0 aliphatic rings. The molecule has 2 N–H and O–H groups in total. The van der Waals surface area contributed by atoms with Crippen LogP contribution in [0.25, 0.3) is 0 Å². The fraction of sp³-hybridized carbons (Fsp3) is 0.385. The summed E-state index contributed by atoms with van der Waals surface area (Å²) in [7, 11) is 1.69. The second kappa shape index (κ2) is 6.76. The molecule has 0 aliphatic heterocycles. The lowest BCUT2D eigenvalue weighted by atomic mass is 10.1. The molecule has 5 heteroatoms. The summed E-state index contributed by atoms with van der Waals surface area (Å²) in [4.78, 5) is 23.3. The van der Waals surface area contributed by atoms with Gasteiger partial charge in [0.1, 0.15) is 6.04 Å². The highest BCUT2D eigenvalue weighted by Crippen LogP contribution is 2.10. The maximum Gasteiger partial charge on any atom is 0.320 e. The third-order valence-electron chi connectivity index (χ3n) is 2.72. The van der Waals surface area contributed by atoms with Crippen LogP contribution < -0.4 is 0 Å². The number of carboxylic acids is 2. The number of carboxylic acid groups (broad SMARTS) is 2. The van der Waals surface area contributed by atoms with Gasteiger partial charge >= 0.3 is 11.9 Å². The van der Waals surface area contributed by atoms with Crippen LogP contribution in [0.1, 0.15) is 18.4 Å². The normalized spacial score (nSPS) is 12.3. The second-order valence-electron chi connectivity index (χ2n) is 4.19. The molecular weight excluding hydrogens is 234 g/mol. The Balaban J connectivity index is 2.62. The zero-order chi connectivity index (χ0) is 13.5. The molecule has 1 atom stereocenters. The fourth-order valence-corrected chi connectivity index (χ4v) is 1.77. The van der Waals surface area contributed by atoms with E-state index in [1.165, 1.54) is 0 Å². The third kappa shape index (κ3) is 4.55. The lowest BCUT2D eigenvalue weighted by Gasteiger charge is -2.24. The summed E-state index contributed by atoms with van der Waals surface area (Å²) in [5.41, 5.74) is 1.00. The highest BCUT2D eigenvalue weighted by atomic mass is 16.4. The van der Waals surface area contributed by atoms with Crippen LogP contribution in [0.4, 0.5) is 0 Å². The molecule has 0 spiro atoms. The summed E-state index contributed by atoms with van der Waals surface area (Å²) in [6, 6.07) is 8.70. The summed E-state index contributed by atoms with van der Waals surface area (Å²) < 4.78 is 0. The molecule has 0 saturated carbocycles. The van der Waals surface area contributed by atoms with E-state index in [0.717, 1.165) is 5.56 Å². The van der Waals surface area contributed by atoms with Crippen LogP contribution in [0.5, 0.6) is 0 Å². The van der Waals surface area contributed by atoms with E-state index in [2.05, 4.69) is 0 Å². The number of nitrogens with zero attached hydrogens (tertiary/aromatic N) is 1. The van der Waals surface area contributed by atoms with E-state index in [4.69, 9.17) is 10.2 Å². The van der Waals surface area contributed by atoms with Gasteiger partial charge in [0.15, 0.2) is 0 Å². The number of hydrogen-bond donors (Lipinski definition) is 2. The van der Waals surface area contributed by atoms with Crippen LogP contribution in [0.2, 0.25) is 0 Å². The van der Waals surface area contributed by atoms with Crippen molar-refractivity contribution in [3.05, 3.63) is 35.9 Å². The highest BCUT2D eigenvalue weighted by molar-refractivity contribution is 5.75. The molecule has 0 bridgehead atoms. The Hall–Kier alpha value is -1.88. The average Bonchev–Trinajstić information content (AvgIpc) is 2.29. The first-order chi connectivity index (χ1) is 8.50. The molecule has 0 fully saturated rings. The molecule has 1 rings (SSSR count). The molecule has 0 amide bonds. The highest BCUT2D eigenvalue weighted by Gasteiger charge is 2.23. The minimum Gasteiger partial charge on any atom is -0.481 e. The van der Waals surface area contributed by atoms with Crippen LogP contribution in [-0.4, -0.2) is 40.1 Å². The van der Waals surface area contributed by atoms with E-state index >= 15 is 0 Å². The van der Waals surface area contributed by atoms with Gasteiger partial charge in [-0.25, -0.2) is 0 Å². The standard InChI is InChI=1S/C13H17NO4/c1-14(9-10-5-3-2-4-6-10)11(13(17)18)7-8-12(15)16/h2-6,11H,7-9H2,1H3,(H,15,16)(H,17,18)/t11-/m0/s1. The Morgan fingerprint density at radius 2 is 1.83 bits per heavy atom. The van der Waals surface area contributed by atoms with E-state index in [-0.39, 0.29) is 12.8 Å². The van der Waals surface area contributed by atoms with Gasteiger partial charge < -0.3 is 10.2 Å². The summed E-state index contributed by atoms with van der Waals surface area (Å²) in [5.74, 6) is -1.97. The van der Waals surface area contributed by atoms with Crippen molar-refractivity contribution in [1.82, 2.24) is 4.90 Å². The summed E-state index contributed by atoms with van der Waals surface area (Å²) in [6.07, 6.45) is -0.0376. The molecule has 98 valence electrons. The second-order valence-corrected chi connectivity index (χ2v) is 4.19. The number of likely N-dealkylation sites (N-methyl/N-ethyl adjacent to an activating group) is 1. The van der Waals surface area contributed by atoms with Gasteiger partial charge in [0, 0.05) is 13.0 Å². The van der Waals surface area contributed by atoms with Crippen LogP contribution in [0.15, 0.2) is 30.3 Å². The van der Waals surface area contributed by atoms with Gasteiger partial charge in [-0.1, -0.05) is 30.3 Å². The van der Waals surface area contributed by atoms with Crippen LogP contribution in [0.3, 0.4) is 0 Å². The van der Waals surface area contributed by atoms with Crippen molar-refractivity contribution in [3.63, 3.8) is 0 Å². The first-order valence-corrected chi connectivity index (χ1v) is 5.69. The molecule has 1 aromatic rings. The lowest BCUT2D eigenvalue weighted by Crippen LogP contribution is -2.38. The Kier molecular flexibility index (Phi) is 5.32. The molecule has 0 radical (unpaired) electrons. The Labute approximate surface area is 106 Å². The number of benzene rings is 1. The summed E-state index contributed by atoms with van der Waals surface area (Å²) in [5, 5.41) is 17.7. The predicted octanol–water partition coefficient (Wildman–Crippen LogP) is 1.44. The summed E-state index contributed by atoms with van der Waals surface area (Å²) >= 11 is 0. The monoisotopic (exact) mass is 251 g/mol. The zero-order valence-electron chi connectivity index (χ0n) is 10.2. The fourth-order valence-electron chi connectivity index (χ4n) is 1.77. The minimum absolute atomic E-state index is 0.105. The average molecular weight is 251 g/mol. The smallest absolute Gasteiger partial charge is 0.320 e. The topological polar surface area (TPSA) is 77.8 Å². The van der Waals surface area contributed by atoms with Crippen molar-refractivity contribution < 1.29 is 19.8 Å². The maximum absolute atomic E-state index is 11.1. The van der Waals surface area contributed by atoms with E-state index in [1.807, 2.05) is 30.3 Å². The third-order valence-corrected chi connectivity index (χ3v) is 2.72. The van der Waals surface area contributed by atoms with Gasteiger partial charge in [-0.05, 0) is 19.0 Å².